The molecule has 1 aromatic heterocycles. The molecule has 2 heterocycles. The van der Waals surface area contributed by atoms with Crippen LogP contribution < -0.4 is 10.0 Å². The van der Waals surface area contributed by atoms with Gasteiger partial charge in [0.25, 0.3) is 12.2 Å². The van der Waals surface area contributed by atoms with Gasteiger partial charge in [0.05, 0.1) is 24.5 Å². The molecule has 4 nitrogen and oxygen atoms in total. The average molecular weight is 355 g/mol. The molecule has 24 heavy (non-hydrogen) atoms. The molecule has 1 aromatic carbocycles. The summed E-state index contributed by atoms with van der Waals surface area (Å²) in [6, 6.07) is 7.67. The first-order valence-corrected chi connectivity index (χ1v) is 7.93. The van der Waals surface area contributed by atoms with E-state index in [9.17, 15) is 14.0 Å². The van der Waals surface area contributed by atoms with Crippen molar-refractivity contribution in [2.45, 2.75) is 31.8 Å². The van der Waals surface area contributed by atoms with E-state index in [-0.39, 0.29) is 24.1 Å². The van der Waals surface area contributed by atoms with E-state index in [1.807, 2.05) is 0 Å². The SMILES string of the molecule is CC(C)OCC1(C(F)F)c2cc(Cl)ccc2Nc2c1ccc[n+]2[O-]. The number of ether oxygens (including phenoxy) is 1. The van der Waals surface area contributed by atoms with Crippen molar-refractivity contribution in [2.75, 3.05) is 11.9 Å². The Balaban J connectivity index is 2.29. The summed E-state index contributed by atoms with van der Waals surface area (Å²) < 4.78 is 34.9. The van der Waals surface area contributed by atoms with E-state index in [0.29, 0.717) is 21.0 Å². The van der Waals surface area contributed by atoms with Gasteiger partial charge in [0, 0.05) is 10.6 Å². The molecule has 0 saturated heterocycles. The van der Waals surface area contributed by atoms with Gasteiger partial charge in [0.2, 0.25) is 0 Å². The van der Waals surface area contributed by atoms with Gasteiger partial charge in [-0.2, -0.15) is 0 Å². The smallest absolute Gasteiger partial charge is 0.287 e. The molecule has 1 aliphatic rings. The van der Waals surface area contributed by atoms with Crippen molar-refractivity contribution >= 4 is 23.1 Å². The summed E-state index contributed by atoms with van der Waals surface area (Å²) in [6.45, 7) is 3.30. The van der Waals surface area contributed by atoms with Crippen LogP contribution in [-0.2, 0) is 10.2 Å². The molecule has 7 heteroatoms. The van der Waals surface area contributed by atoms with Crippen molar-refractivity contribution in [1.29, 1.82) is 0 Å². The van der Waals surface area contributed by atoms with Crippen LogP contribution in [0.15, 0.2) is 36.5 Å². The van der Waals surface area contributed by atoms with Gasteiger partial charge in [0.15, 0.2) is 0 Å². The number of anilines is 2. The Morgan fingerprint density at radius 1 is 1.29 bits per heavy atom. The second-order valence-corrected chi connectivity index (χ2v) is 6.48. The summed E-state index contributed by atoms with van der Waals surface area (Å²) >= 11 is 6.05. The van der Waals surface area contributed by atoms with E-state index in [1.54, 1.807) is 26.0 Å². The van der Waals surface area contributed by atoms with Crippen molar-refractivity contribution in [3.8, 4) is 0 Å². The molecule has 1 aliphatic heterocycles. The van der Waals surface area contributed by atoms with Crippen molar-refractivity contribution < 1.29 is 18.2 Å². The van der Waals surface area contributed by atoms with Gasteiger partial charge in [-0.25, -0.2) is 18.8 Å². The first-order chi connectivity index (χ1) is 11.4. The highest BCUT2D eigenvalue weighted by Crippen LogP contribution is 2.49. The maximum atomic E-state index is 14.4. The predicted octanol–water partition coefficient (Wildman–Crippen LogP) is 4.01. The van der Waals surface area contributed by atoms with Crippen LogP contribution in [0.5, 0.6) is 0 Å². The number of hydrogen-bond donors (Lipinski definition) is 1. The largest absolute Gasteiger partial charge is 0.711 e. The molecule has 2 aromatic rings. The summed E-state index contributed by atoms with van der Waals surface area (Å²) in [6.07, 6.45) is -1.74. The van der Waals surface area contributed by atoms with Crippen LogP contribution in [-0.4, -0.2) is 19.1 Å². The van der Waals surface area contributed by atoms with Crippen LogP contribution in [0.1, 0.15) is 25.0 Å². The van der Waals surface area contributed by atoms with Crippen molar-refractivity contribution in [1.82, 2.24) is 0 Å². The fraction of sp³-hybridized carbons (Fsp3) is 0.353. The number of hydrogen-bond acceptors (Lipinski definition) is 3. The average Bonchev–Trinajstić information content (AvgIpc) is 2.52. The normalized spacial score (nSPS) is 19.1. The number of fused-ring (bicyclic) bond motifs is 2. The lowest BCUT2D eigenvalue weighted by Gasteiger charge is -2.38. The maximum absolute atomic E-state index is 14.4. The van der Waals surface area contributed by atoms with Crippen LogP contribution in [0.2, 0.25) is 5.02 Å². The van der Waals surface area contributed by atoms with Crippen molar-refractivity contribution in [3.05, 3.63) is 57.9 Å². The summed E-state index contributed by atoms with van der Waals surface area (Å²) in [4.78, 5) is 0. The summed E-state index contributed by atoms with van der Waals surface area (Å²) in [5, 5.41) is 15.4. The zero-order valence-corrected chi connectivity index (χ0v) is 14.0. The molecule has 1 unspecified atom stereocenters. The minimum Gasteiger partial charge on any atom is -0.711 e. The highest BCUT2D eigenvalue weighted by Gasteiger charge is 2.52. The Morgan fingerprint density at radius 3 is 2.71 bits per heavy atom. The van der Waals surface area contributed by atoms with E-state index >= 15 is 0 Å². The van der Waals surface area contributed by atoms with E-state index in [1.165, 1.54) is 24.4 Å². The zero-order chi connectivity index (χ0) is 17.5. The third kappa shape index (κ3) is 2.59. The van der Waals surface area contributed by atoms with Gasteiger partial charge in [-0.05, 0) is 44.2 Å². The number of benzene rings is 1. The van der Waals surface area contributed by atoms with Crippen LogP contribution in [0, 0.1) is 5.21 Å². The Kier molecular flexibility index (Phi) is 4.36. The summed E-state index contributed by atoms with van der Waals surface area (Å²) in [5.74, 6) is 0.0833. The van der Waals surface area contributed by atoms with E-state index < -0.39 is 11.8 Å². The highest BCUT2D eigenvalue weighted by molar-refractivity contribution is 6.30. The lowest BCUT2D eigenvalue weighted by molar-refractivity contribution is -0.590. The molecule has 128 valence electrons. The summed E-state index contributed by atoms with van der Waals surface area (Å²) in [7, 11) is 0. The Morgan fingerprint density at radius 2 is 2.04 bits per heavy atom. The molecular formula is C17H17ClF2N2O2. The minimum absolute atomic E-state index is 0.0833. The van der Waals surface area contributed by atoms with E-state index in [2.05, 4.69) is 5.32 Å². The first kappa shape index (κ1) is 16.9. The molecule has 0 bridgehead atoms. The Bertz CT molecular complexity index is 766. The molecule has 0 saturated carbocycles. The fourth-order valence-corrected chi connectivity index (χ4v) is 3.16. The Hall–Kier alpha value is -1.92. The van der Waals surface area contributed by atoms with E-state index in [0.717, 1.165) is 0 Å². The topological polar surface area (TPSA) is 48.2 Å². The lowest BCUT2D eigenvalue weighted by Crippen LogP contribution is -2.47. The van der Waals surface area contributed by atoms with Gasteiger partial charge in [-0.15, -0.1) is 0 Å². The number of alkyl halides is 2. The van der Waals surface area contributed by atoms with Gasteiger partial charge in [-0.1, -0.05) is 11.6 Å². The molecule has 1 N–H and O–H groups in total. The second-order valence-electron chi connectivity index (χ2n) is 6.04. The van der Waals surface area contributed by atoms with E-state index in [4.69, 9.17) is 16.3 Å². The minimum atomic E-state index is -2.78. The number of aromatic nitrogens is 1. The highest BCUT2D eigenvalue weighted by atomic mass is 35.5. The number of pyridine rings is 1. The fourth-order valence-electron chi connectivity index (χ4n) is 2.99. The van der Waals surface area contributed by atoms with Crippen LogP contribution >= 0.6 is 11.6 Å². The third-order valence-corrected chi connectivity index (χ3v) is 4.41. The zero-order valence-electron chi connectivity index (χ0n) is 13.2. The molecule has 0 spiro atoms. The van der Waals surface area contributed by atoms with Gasteiger partial charge < -0.3 is 9.94 Å². The first-order valence-electron chi connectivity index (χ1n) is 7.55. The van der Waals surface area contributed by atoms with Crippen LogP contribution in [0.25, 0.3) is 0 Å². The number of nitrogens with zero attached hydrogens (tertiary/aromatic N) is 1. The number of halogens is 3. The van der Waals surface area contributed by atoms with Gasteiger partial charge >= 0.3 is 0 Å². The summed E-state index contributed by atoms with van der Waals surface area (Å²) in [5.41, 5.74) is -0.816. The van der Waals surface area contributed by atoms with Crippen molar-refractivity contribution in [2.24, 2.45) is 0 Å². The maximum Gasteiger partial charge on any atom is 0.287 e. The van der Waals surface area contributed by atoms with Gasteiger partial charge in [-0.3, -0.25) is 0 Å². The van der Waals surface area contributed by atoms with Crippen LogP contribution in [0.4, 0.5) is 20.3 Å². The third-order valence-electron chi connectivity index (χ3n) is 4.17. The quantitative estimate of drug-likeness (QED) is 0.666. The molecule has 1 atom stereocenters. The predicted molar refractivity (Wildman–Crippen MR) is 88.0 cm³/mol. The molecule has 0 amide bonds. The molecule has 3 rings (SSSR count). The second kappa shape index (κ2) is 6.18. The lowest BCUT2D eigenvalue weighted by atomic mass is 9.72. The monoisotopic (exact) mass is 354 g/mol. The number of nitrogens with one attached hydrogen (secondary N) is 1. The van der Waals surface area contributed by atoms with Crippen molar-refractivity contribution in [3.63, 3.8) is 0 Å². The molecule has 0 fully saturated rings. The van der Waals surface area contributed by atoms with Crippen LogP contribution in [0.3, 0.4) is 0 Å². The number of rotatable bonds is 4. The molecular weight excluding hydrogens is 338 g/mol. The standard InChI is InChI=1S/C17H17ClF2N2O2/c1-10(2)24-9-17(16(19)20)12-4-3-7-22(23)15(12)21-14-6-5-11(18)8-13(14)17/h3-8,10,16,21H,9H2,1-2H3. The molecule has 0 aliphatic carbocycles. The van der Waals surface area contributed by atoms with Gasteiger partial charge in [0.1, 0.15) is 11.1 Å². The molecule has 0 radical (unpaired) electrons. The Labute approximate surface area is 143 Å².